The molecule has 0 atom stereocenters. The van der Waals surface area contributed by atoms with Gasteiger partial charge in [0.15, 0.2) is 0 Å². The molecule has 0 aliphatic carbocycles. The van der Waals surface area contributed by atoms with E-state index in [2.05, 4.69) is 9.97 Å². The van der Waals surface area contributed by atoms with Gasteiger partial charge in [-0.25, -0.2) is 4.79 Å². The zero-order valence-electron chi connectivity index (χ0n) is 7.37. The molecule has 5 heteroatoms. The van der Waals surface area contributed by atoms with Crippen LogP contribution in [0.25, 0.3) is 10.9 Å². The lowest BCUT2D eigenvalue weighted by atomic mass is 10.2. The number of methoxy groups -OCH3 is 1. The van der Waals surface area contributed by atoms with Crippen molar-refractivity contribution in [3.63, 3.8) is 0 Å². The van der Waals surface area contributed by atoms with Crippen molar-refractivity contribution in [2.24, 2.45) is 0 Å². The molecule has 0 saturated carbocycles. The van der Waals surface area contributed by atoms with Crippen LogP contribution in [0, 0.1) is 0 Å². The Balaban J connectivity index is 2.96. The van der Waals surface area contributed by atoms with Crippen molar-refractivity contribution in [2.45, 2.75) is 0 Å². The van der Waals surface area contributed by atoms with Crippen LogP contribution in [0.1, 0.15) is 0 Å². The number of aromatic nitrogens is 2. The van der Waals surface area contributed by atoms with E-state index in [0.29, 0.717) is 15.9 Å². The molecule has 72 valence electrons. The van der Waals surface area contributed by atoms with E-state index in [1.807, 2.05) is 0 Å². The molecule has 1 aromatic carbocycles. The van der Waals surface area contributed by atoms with Gasteiger partial charge in [0.1, 0.15) is 0 Å². The number of halogens is 1. The summed E-state index contributed by atoms with van der Waals surface area (Å²) in [5, 5.41) is 1.12. The average Bonchev–Trinajstić information content (AvgIpc) is 2.16. The van der Waals surface area contributed by atoms with Crippen LogP contribution in [-0.2, 0) is 0 Å². The summed E-state index contributed by atoms with van der Waals surface area (Å²) in [6, 6.07) is 5.21. The highest BCUT2D eigenvalue weighted by atomic mass is 35.5. The predicted molar refractivity (Wildman–Crippen MR) is 53.9 cm³/mol. The van der Waals surface area contributed by atoms with Crippen LogP contribution >= 0.6 is 11.6 Å². The molecule has 0 aliphatic rings. The minimum Gasteiger partial charge on any atom is -0.480 e. The van der Waals surface area contributed by atoms with Crippen LogP contribution < -0.4 is 10.4 Å². The highest BCUT2D eigenvalue weighted by molar-refractivity contribution is 6.35. The Labute approximate surface area is 84.5 Å². The molecule has 0 radical (unpaired) electrons. The molecule has 0 bridgehead atoms. The van der Waals surface area contributed by atoms with Gasteiger partial charge >= 0.3 is 5.69 Å². The second-order valence-electron chi connectivity index (χ2n) is 2.71. The van der Waals surface area contributed by atoms with Gasteiger partial charge in [0, 0.05) is 0 Å². The fraction of sp³-hybridized carbons (Fsp3) is 0.111. The summed E-state index contributed by atoms with van der Waals surface area (Å²) in [6.07, 6.45) is 0. The number of H-pyrrole nitrogens is 1. The van der Waals surface area contributed by atoms with Crippen LogP contribution in [0.4, 0.5) is 0 Å². The summed E-state index contributed by atoms with van der Waals surface area (Å²) in [6.45, 7) is 0. The number of aromatic amines is 1. The van der Waals surface area contributed by atoms with Gasteiger partial charge in [-0.3, -0.25) is 0 Å². The molecule has 2 rings (SSSR count). The summed E-state index contributed by atoms with van der Waals surface area (Å²) in [4.78, 5) is 17.3. The van der Waals surface area contributed by atoms with E-state index in [0.717, 1.165) is 0 Å². The average molecular weight is 211 g/mol. The molecule has 0 saturated heterocycles. The lowest BCUT2D eigenvalue weighted by Crippen LogP contribution is -2.11. The first-order valence-electron chi connectivity index (χ1n) is 3.95. The molecule has 0 aliphatic heterocycles. The number of hydrogen-bond donors (Lipinski definition) is 1. The van der Waals surface area contributed by atoms with E-state index >= 15 is 0 Å². The lowest BCUT2D eigenvalue weighted by Gasteiger charge is -2.04. The number of fused-ring (bicyclic) bond motifs is 1. The van der Waals surface area contributed by atoms with Gasteiger partial charge in [-0.1, -0.05) is 17.7 Å². The molecular formula is C9H7ClN2O2. The number of benzene rings is 1. The first-order chi connectivity index (χ1) is 6.72. The van der Waals surface area contributed by atoms with Crippen LogP contribution in [0.3, 0.4) is 0 Å². The van der Waals surface area contributed by atoms with Crippen molar-refractivity contribution in [3.05, 3.63) is 33.7 Å². The zero-order valence-corrected chi connectivity index (χ0v) is 8.13. The fourth-order valence-electron chi connectivity index (χ4n) is 1.28. The lowest BCUT2D eigenvalue weighted by molar-refractivity contribution is 0.401. The first kappa shape index (κ1) is 9.02. The number of rotatable bonds is 1. The van der Waals surface area contributed by atoms with Gasteiger partial charge in [-0.15, -0.1) is 0 Å². The molecule has 0 amide bonds. The summed E-state index contributed by atoms with van der Waals surface area (Å²) >= 11 is 5.95. The molecule has 4 nitrogen and oxygen atoms in total. The highest BCUT2D eigenvalue weighted by Crippen LogP contribution is 2.27. The van der Waals surface area contributed by atoms with Gasteiger partial charge in [0.2, 0.25) is 5.88 Å². The van der Waals surface area contributed by atoms with Crippen LogP contribution in [0.15, 0.2) is 23.0 Å². The smallest absolute Gasteiger partial charge is 0.348 e. The van der Waals surface area contributed by atoms with Crippen molar-refractivity contribution in [1.82, 2.24) is 9.97 Å². The second-order valence-corrected chi connectivity index (χ2v) is 3.12. The van der Waals surface area contributed by atoms with E-state index in [1.54, 1.807) is 18.2 Å². The molecule has 2 aromatic rings. The van der Waals surface area contributed by atoms with Gasteiger partial charge < -0.3 is 9.72 Å². The third kappa shape index (κ3) is 1.33. The highest BCUT2D eigenvalue weighted by Gasteiger charge is 2.07. The van der Waals surface area contributed by atoms with E-state index in [4.69, 9.17) is 16.3 Å². The summed E-state index contributed by atoms with van der Waals surface area (Å²) in [5.74, 6) is 0.245. The monoisotopic (exact) mass is 210 g/mol. The molecule has 0 unspecified atom stereocenters. The SMILES string of the molecule is COc1nc(=O)[nH]c2cccc(Cl)c12. The second kappa shape index (κ2) is 3.31. The van der Waals surface area contributed by atoms with E-state index < -0.39 is 5.69 Å². The quantitative estimate of drug-likeness (QED) is 0.778. The van der Waals surface area contributed by atoms with Crippen molar-refractivity contribution >= 4 is 22.5 Å². The Morgan fingerprint density at radius 2 is 2.29 bits per heavy atom. The largest absolute Gasteiger partial charge is 0.480 e. The Bertz CT molecular complexity index is 536. The van der Waals surface area contributed by atoms with Crippen LogP contribution in [0.5, 0.6) is 5.88 Å². The Kier molecular flexibility index (Phi) is 2.13. The summed E-state index contributed by atoms with van der Waals surface area (Å²) in [7, 11) is 1.45. The van der Waals surface area contributed by atoms with Gasteiger partial charge in [-0.05, 0) is 12.1 Å². The first-order valence-corrected chi connectivity index (χ1v) is 4.32. The molecule has 1 aromatic heterocycles. The standard InChI is InChI=1S/C9H7ClN2O2/c1-14-8-7-5(10)3-2-4-6(7)11-9(13)12-8/h2-4H,1H3,(H,11,12,13). The van der Waals surface area contributed by atoms with E-state index in [9.17, 15) is 4.79 Å². The number of nitrogens with zero attached hydrogens (tertiary/aromatic N) is 1. The third-order valence-corrected chi connectivity index (χ3v) is 2.18. The van der Waals surface area contributed by atoms with Crippen LogP contribution in [-0.4, -0.2) is 17.1 Å². The van der Waals surface area contributed by atoms with Gasteiger partial charge in [0.25, 0.3) is 0 Å². The van der Waals surface area contributed by atoms with Crippen molar-refractivity contribution in [2.75, 3.05) is 7.11 Å². The van der Waals surface area contributed by atoms with E-state index in [-0.39, 0.29) is 5.88 Å². The normalized spacial score (nSPS) is 10.4. The maximum absolute atomic E-state index is 11.1. The van der Waals surface area contributed by atoms with Gasteiger partial charge in [-0.2, -0.15) is 4.98 Å². The Morgan fingerprint density at radius 3 is 3.00 bits per heavy atom. The number of hydrogen-bond acceptors (Lipinski definition) is 3. The van der Waals surface area contributed by atoms with E-state index in [1.165, 1.54) is 7.11 Å². The maximum Gasteiger partial charge on any atom is 0.348 e. The summed E-state index contributed by atoms with van der Waals surface area (Å²) < 4.78 is 4.97. The minimum atomic E-state index is -0.448. The maximum atomic E-state index is 11.1. The topological polar surface area (TPSA) is 55.0 Å². The molecule has 1 N–H and O–H groups in total. The molecule has 0 spiro atoms. The van der Waals surface area contributed by atoms with Crippen LogP contribution in [0.2, 0.25) is 5.02 Å². The zero-order chi connectivity index (χ0) is 10.1. The number of ether oxygens (including phenoxy) is 1. The predicted octanol–water partition coefficient (Wildman–Crippen LogP) is 1.59. The molecular weight excluding hydrogens is 204 g/mol. The Hall–Kier alpha value is -1.55. The minimum absolute atomic E-state index is 0.245. The van der Waals surface area contributed by atoms with Crippen molar-refractivity contribution < 1.29 is 4.74 Å². The van der Waals surface area contributed by atoms with Crippen molar-refractivity contribution in [3.8, 4) is 5.88 Å². The van der Waals surface area contributed by atoms with Crippen molar-refractivity contribution in [1.29, 1.82) is 0 Å². The Morgan fingerprint density at radius 1 is 1.50 bits per heavy atom. The number of nitrogens with one attached hydrogen (secondary N) is 1. The van der Waals surface area contributed by atoms with Gasteiger partial charge in [0.05, 0.1) is 23.0 Å². The summed E-state index contributed by atoms with van der Waals surface area (Å²) in [5.41, 5.74) is 0.172. The molecule has 1 heterocycles. The fourth-order valence-corrected chi connectivity index (χ4v) is 1.54. The third-order valence-electron chi connectivity index (χ3n) is 1.87. The molecule has 14 heavy (non-hydrogen) atoms. The molecule has 0 fully saturated rings.